The number of halogens is 2. The number of carbonyl (C=O) groups is 1. The molecule has 0 saturated carbocycles. The Bertz CT molecular complexity index is 675. The third-order valence-electron chi connectivity index (χ3n) is 3.70. The van der Waals surface area contributed by atoms with Crippen LogP contribution in [0.4, 0.5) is 8.78 Å². The Morgan fingerprint density at radius 3 is 2.48 bits per heavy atom. The average Bonchev–Trinajstić information content (AvgIpc) is 2.47. The van der Waals surface area contributed by atoms with E-state index < -0.39 is 11.6 Å². The highest BCUT2D eigenvalue weighted by Crippen LogP contribution is 2.30. The van der Waals surface area contributed by atoms with E-state index in [1.165, 1.54) is 18.2 Å². The molecule has 0 amide bonds. The lowest BCUT2D eigenvalue weighted by Gasteiger charge is -2.18. The first-order valence-electron chi connectivity index (χ1n) is 6.87. The smallest absolute Gasteiger partial charge is 0.163 e. The maximum Gasteiger partial charge on any atom is 0.163 e. The van der Waals surface area contributed by atoms with Crippen molar-refractivity contribution in [2.45, 2.75) is 25.9 Å². The van der Waals surface area contributed by atoms with Crippen LogP contribution in [0.3, 0.4) is 0 Å². The van der Waals surface area contributed by atoms with E-state index in [2.05, 4.69) is 0 Å². The summed E-state index contributed by atoms with van der Waals surface area (Å²) in [5.74, 6) is -0.631. The predicted molar refractivity (Wildman–Crippen MR) is 74.4 cm³/mol. The minimum absolute atomic E-state index is 0.0961. The van der Waals surface area contributed by atoms with Gasteiger partial charge in [-0.15, -0.1) is 0 Å². The zero-order valence-corrected chi connectivity index (χ0v) is 11.4. The molecule has 2 aromatic carbocycles. The number of hydrogen-bond acceptors (Lipinski definition) is 2. The Balaban J connectivity index is 1.86. The van der Waals surface area contributed by atoms with E-state index in [1.807, 2.05) is 0 Å². The number of fused-ring (bicyclic) bond motifs is 1. The quantitative estimate of drug-likeness (QED) is 0.851. The van der Waals surface area contributed by atoms with Gasteiger partial charge in [-0.1, -0.05) is 18.2 Å². The lowest BCUT2D eigenvalue weighted by atomic mass is 9.90. The Kier molecular flexibility index (Phi) is 3.69. The standard InChI is InChI=1S/C17H14F2O2/c18-14-6-3-7-15(19)13(14)10-21-17-9-2-4-11-12(17)5-1-8-16(11)20/h2-4,6-7,9H,1,5,8,10H2. The summed E-state index contributed by atoms with van der Waals surface area (Å²) in [6.07, 6.45) is 2.07. The largest absolute Gasteiger partial charge is 0.488 e. The van der Waals surface area contributed by atoms with E-state index in [4.69, 9.17) is 4.74 Å². The molecule has 0 heterocycles. The molecule has 0 N–H and O–H groups in total. The van der Waals surface area contributed by atoms with Crippen molar-refractivity contribution in [2.24, 2.45) is 0 Å². The minimum atomic E-state index is -0.629. The zero-order valence-electron chi connectivity index (χ0n) is 11.4. The third-order valence-corrected chi connectivity index (χ3v) is 3.70. The van der Waals surface area contributed by atoms with Crippen molar-refractivity contribution >= 4 is 5.78 Å². The molecule has 0 atom stereocenters. The van der Waals surface area contributed by atoms with Crippen molar-refractivity contribution in [2.75, 3.05) is 0 Å². The molecule has 3 rings (SSSR count). The number of carbonyl (C=O) groups excluding carboxylic acids is 1. The van der Waals surface area contributed by atoms with Crippen molar-refractivity contribution in [3.05, 3.63) is 64.7 Å². The van der Waals surface area contributed by atoms with Crippen molar-refractivity contribution in [1.29, 1.82) is 0 Å². The highest BCUT2D eigenvalue weighted by Gasteiger charge is 2.20. The van der Waals surface area contributed by atoms with E-state index in [1.54, 1.807) is 18.2 Å². The number of ether oxygens (including phenoxy) is 1. The summed E-state index contributed by atoms with van der Waals surface area (Å²) >= 11 is 0. The van der Waals surface area contributed by atoms with E-state index in [-0.39, 0.29) is 18.0 Å². The van der Waals surface area contributed by atoms with Gasteiger partial charge in [0.15, 0.2) is 5.78 Å². The molecule has 1 aliphatic carbocycles. The van der Waals surface area contributed by atoms with Crippen LogP contribution in [0, 0.1) is 11.6 Å². The molecular formula is C17H14F2O2. The molecule has 108 valence electrons. The molecule has 0 radical (unpaired) electrons. The van der Waals surface area contributed by atoms with Crippen LogP contribution in [0.25, 0.3) is 0 Å². The third kappa shape index (κ3) is 2.66. The number of Topliss-reactive ketones (excluding diaryl/α,β-unsaturated/α-hetero) is 1. The van der Waals surface area contributed by atoms with Gasteiger partial charge in [0, 0.05) is 17.5 Å². The first-order valence-corrected chi connectivity index (χ1v) is 6.87. The van der Waals surface area contributed by atoms with Crippen LogP contribution in [-0.2, 0) is 13.0 Å². The molecule has 2 nitrogen and oxygen atoms in total. The van der Waals surface area contributed by atoms with Gasteiger partial charge >= 0.3 is 0 Å². The second-order valence-electron chi connectivity index (χ2n) is 5.05. The van der Waals surface area contributed by atoms with Gasteiger partial charge < -0.3 is 4.74 Å². The van der Waals surface area contributed by atoms with Gasteiger partial charge in [0.05, 0.1) is 5.56 Å². The van der Waals surface area contributed by atoms with Crippen molar-refractivity contribution in [1.82, 2.24) is 0 Å². The molecule has 1 aliphatic rings. The molecule has 0 aliphatic heterocycles. The van der Waals surface area contributed by atoms with Crippen molar-refractivity contribution < 1.29 is 18.3 Å². The number of benzene rings is 2. The first-order chi connectivity index (χ1) is 10.2. The normalized spacial score (nSPS) is 13.9. The number of rotatable bonds is 3. The maximum atomic E-state index is 13.6. The van der Waals surface area contributed by atoms with Crippen LogP contribution in [0.15, 0.2) is 36.4 Å². The zero-order chi connectivity index (χ0) is 14.8. The lowest BCUT2D eigenvalue weighted by Crippen LogP contribution is -2.12. The summed E-state index contributed by atoms with van der Waals surface area (Å²) in [6.45, 7) is -0.191. The molecule has 0 saturated heterocycles. The fourth-order valence-corrected chi connectivity index (χ4v) is 2.60. The van der Waals surface area contributed by atoms with Gasteiger partial charge in [-0.3, -0.25) is 4.79 Å². The Morgan fingerprint density at radius 2 is 1.71 bits per heavy atom. The Morgan fingerprint density at radius 1 is 1.00 bits per heavy atom. The minimum Gasteiger partial charge on any atom is -0.488 e. The van der Waals surface area contributed by atoms with Gasteiger partial charge in [0.1, 0.15) is 24.0 Å². The fraction of sp³-hybridized carbons (Fsp3) is 0.235. The van der Waals surface area contributed by atoms with Crippen molar-refractivity contribution in [3.8, 4) is 5.75 Å². The van der Waals surface area contributed by atoms with Crippen LogP contribution in [-0.4, -0.2) is 5.78 Å². The fourth-order valence-electron chi connectivity index (χ4n) is 2.60. The van der Waals surface area contributed by atoms with E-state index >= 15 is 0 Å². The molecular weight excluding hydrogens is 274 g/mol. The molecule has 0 aromatic heterocycles. The van der Waals surface area contributed by atoms with Gasteiger partial charge in [-0.25, -0.2) is 8.78 Å². The summed E-state index contributed by atoms with van der Waals surface area (Å²) in [7, 11) is 0. The lowest BCUT2D eigenvalue weighted by molar-refractivity contribution is 0.0971. The molecule has 0 spiro atoms. The highest BCUT2D eigenvalue weighted by molar-refractivity contribution is 5.99. The SMILES string of the molecule is O=C1CCCc2c(OCc3c(F)cccc3F)cccc21. The second kappa shape index (κ2) is 5.64. The van der Waals surface area contributed by atoms with Crippen LogP contribution in [0.1, 0.15) is 34.3 Å². The molecule has 2 aromatic rings. The molecule has 21 heavy (non-hydrogen) atoms. The number of ketones is 1. The Labute approximate surface area is 121 Å². The van der Waals surface area contributed by atoms with Gasteiger partial charge in [-0.05, 0) is 31.0 Å². The summed E-state index contributed by atoms with van der Waals surface area (Å²) in [4.78, 5) is 11.8. The van der Waals surface area contributed by atoms with Crippen LogP contribution < -0.4 is 4.74 Å². The monoisotopic (exact) mass is 288 g/mol. The van der Waals surface area contributed by atoms with E-state index in [0.29, 0.717) is 17.7 Å². The van der Waals surface area contributed by atoms with Crippen molar-refractivity contribution in [3.63, 3.8) is 0 Å². The van der Waals surface area contributed by atoms with Crippen LogP contribution in [0.2, 0.25) is 0 Å². The predicted octanol–water partition coefficient (Wildman–Crippen LogP) is 4.06. The summed E-state index contributed by atoms with van der Waals surface area (Å²) in [6, 6.07) is 8.95. The highest BCUT2D eigenvalue weighted by atomic mass is 19.1. The molecule has 0 fully saturated rings. The molecule has 0 bridgehead atoms. The van der Waals surface area contributed by atoms with Crippen LogP contribution in [0.5, 0.6) is 5.75 Å². The molecule has 4 heteroatoms. The average molecular weight is 288 g/mol. The summed E-state index contributed by atoms with van der Waals surface area (Å²) in [5.41, 5.74) is 1.40. The Hall–Kier alpha value is -2.23. The van der Waals surface area contributed by atoms with E-state index in [0.717, 1.165) is 18.4 Å². The first kappa shape index (κ1) is 13.7. The molecule has 0 unspecified atom stereocenters. The maximum absolute atomic E-state index is 13.6. The summed E-state index contributed by atoms with van der Waals surface area (Å²) < 4.78 is 32.7. The van der Waals surface area contributed by atoms with E-state index in [9.17, 15) is 13.6 Å². The van der Waals surface area contributed by atoms with Gasteiger partial charge in [0.25, 0.3) is 0 Å². The number of hydrogen-bond donors (Lipinski definition) is 0. The van der Waals surface area contributed by atoms with Gasteiger partial charge in [-0.2, -0.15) is 0 Å². The second-order valence-corrected chi connectivity index (χ2v) is 5.05. The summed E-state index contributed by atoms with van der Waals surface area (Å²) in [5, 5.41) is 0. The van der Waals surface area contributed by atoms with Crippen LogP contribution >= 0.6 is 0 Å². The topological polar surface area (TPSA) is 26.3 Å². The van der Waals surface area contributed by atoms with Gasteiger partial charge in [0.2, 0.25) is 0 Å².